The maximum atomic E-state index is 11.2. The van der Waals surface area contributed by atoms with Crippen molar-refractivity contribution in [2.75, 3.05) is 5.43 Å². The van der Waals surface area contributed by atoms with Crippen LogP contribution < -0.4 is 5.43 Å². The van der Waals surface area contributed by atoms with Crippen molar-refractivity contribution < 1.29 is 9.90 Å². The summed E-state index contributed by atoms with van der Waals surface area (Å²) in [6, 6.07) is 9.75. The van der Waals surface area contributed by atoms with E-state index in [9.17, 15) is 4.79 Å². The van der Waals surface area contributed by atoms with E-state index >= 15 is 0 Å². The number of nitrogens with one attached hydrogen (secondary N) is 1. The maximum absolute atomic E-state index is 11.2. The average molecular weight is 473 g/mol. The van der Waals surface area contributed by atoms with Crippen LogP contribution in [0.1, 0.15) is 27.3 Å². The zero-order valence-corrected chi connectivity index (χ0v) is 17.9. The summed E-state index contributed by atoms with van der Waals surface area (Å²) in [7, 11) is 0. The van der Waals surface area contributed by atoms with Crippen LogP contribution in [-0.2, 0) is 6.54 Å². The smallest absolute Gasteiger partial charge is 0.356 e. The normalized spacial score (nSPS) is 11.2. The minimum Gasteiger partial charge on any atom is -0.476 e. The second kappa shape index (κ2) is 9.00. The van der Waals surface area contributed by atoms with Gasteiger partial charge in [-0.1, -0.05) is 76.7 Å². The van der Waals surface area contributed by atoms with Crippen molar-refractivity contribution in [3.63, 3.8) is 0 Å². The van der Waals surface area contributed by atoms with E-state index in [0.717, 1.165) is 5.56 Å². The van der Waals surface area contributed by atoms with E-state index in [-0.39, 0.29) is 20.9 Å². The fourth-order valence-corrected chi connectivity index (χ4v) is 3.44. The van der Waals surface area contributed by atoms with Crippen molar-refractivity contribution in [3.8, 4) is 0 Å². The van der Waals surface area contributed by atoms with Crippen LogP contribution in [0, 0.1) is 6.92 Å². The van der Waals surface area contributed by atoms with Crippen LogP contribution in [0.5, 0.6) is 0 Å². The molecule has 3 aromatic rings. The van der Waals surface area contributed by atoms with Gasteiger partial charge in [-0.05, 0) is 12.5 Å². The molecule has 7 nitrogen and oxygen atoms in total. The Morgan fingerprint density at radius 2 is 1.90 bits per heavy atom. The van der Waals surface area contributed by atoms with Gasteiger partial charge in [0.1, 0.15) is 15.2 Å². The fourth-order valence-electron chi connectivity index (χ4n) is 2.49. The third kappa shape index (κ3) is 4.64. The van der Waals surface area contributed by atoms with Crippen LogP contribution >= 0.6 is 46.4 Å². The number of halogens is 4. The van der Waals surface area contributed by atoms with Crippen molar-refractivity contribution in [2.45, 2.75) is 13.5 Å². The highest BCUT2D eigenvalue weighted by Gasteiger charge is 2.21. The molecule has 0 saturated heterocycles. The Morgan fingerprint density at radius 3 is 2.55 bits per heavy atom. The van der Waals surface area contributed by atoms with Gasteiger partial charge in [0.2, 0.25) is 0 Å². The molecule has 1 aromatic carbocycles. The molecule has 0 saturated carbocycles. The minimum absolute atomic E-state index is 0.0208. The number of benzene rings is 1. The molecular formula is C18H13Cl4N5O2. The molecule has 0 radical (unpaired) electrons. The van der Waals surface area contributed by atoms with E-state index in [2.05, 4.69) is 20.6 Å². The van der Waals surface area contributed by atoms with Crippen LogP contribution in [0.15, 0.2) is 35.4 Å². The first kappa shape index (κ1) is 21.4. The molecule has 3 rings (SSSR count). The van der Waals surface area contributed by atoms with Gasteiger partial charge in [0, 0.05) is 0 Å². The van der Waals surface area contributed by atoms with Crippen molar-refractivity contribution in [2.24, 2.45) is 5.10 Å². The first-order chi connectivity index (χ1) is 13.8. The Labute approximate surface area is 185 Å². The predicted molar refractivity (Wildman–Crippen MR) is 115 cm³/mol. The number of pyridine rings is 1. The van der Waals surface area contributed by atoms with Gasteiger partial charge < -0.3 is 5.11 Å². The molecule has 0 unspecified atom stereocenters. The molecule has 0 aliphatic carbocycles. The lowest BCUT2D eigenvalue weighted by molar-refractivity contribution is 0.0691. The number of rotatable bonds is 6. The number of carbonyl (C=O) groups is 1. The number of hydrogen-bond donors (Lipinski definition) is 2. The molecule has 150 valence electrons. The maximum Gasteiger partial charge on any atom is 0.356 e. The SMILES string of the molecule is Cc1nn(Cc2ccccc2)c(Cl)c1C=NNc1c(Cl)c(Cl)nc(C(=O)O)c1Cl. The molecule has 2 N–H and O–H groups in total. The van der Waals surface area contributed by atoms with E-state index in [1.165, 1.54) is 6.21 Å². The van der Waals surface area contributed by atoms with Crippen LogP contribution in [0.25, 0.3) is 0 Å². The standard InChI is InChI=1S/C18H13Cl4N5O2/c1-9-11(17(22)27(26-9)8-10-5-3-2-4-6-10)7-23-25-14-12(19)15(18(28)29)24-16(21)13(14)20/h2-7H,8H2,1H3,(H,24,25)(H,28,29). The molecule has 0 bridgehead atoms. The first-order valence-electron chi connectivity index (χ1n) is 8.13. The van der Waals surface area contributed by atoms with E-state index in [4.69, 9.17) is 51.5 Å². The number of hydrogen-bond acceptors (Lipinski definition) is 5. The first-order valence-corrected chi connectivity index (χ1v) is 9.64. The lowest BCUT2D eigenvalue weighted by Crippen LogP contribution is -2.05. The molecule has 0 fully saturated rings. The zero-order chi connectivity index (χ0) is 21.1. The van der Waals surface area contributed by atoms with Gasteiger partial charge in [0.25, 0.3) is 0 Å². The summed E-state index contributed by atoms with van der Waals surface area (Å²) < 4.78 is 1.65. The van der Waals surface area contributed by atoms with Crippen molar-refractivity contribution in [1.29, 1.82) is 0 Å². The molecule has 0 aliphatic rings. The summed E-state index contributed by atoms with van der Waals surface area (Å²) in [5, 5.41) is 17.6. The number of anilines is 1. The van der Waals surface area contributed by atoms with Gasteiger partial charge in [-0.2, -0.15) is 10.2 Å². The Hall–Kier alpha value is -2.32. The van der Waals surface area contributed by atoms with E-state index in [0.29, 0.717) is 23.0 Å². The number of nitrogens with zero attached hydrogens (tertiary/aromatic N) is 4. The number of hydrazone groups is 1. The molecule has 0 aliphatic heterocycles. The largest absolute Gasteiger partial charge is 0.476 e. The number of carboxylic acids is 1. The summed E-state index contributed by atoms with van der Waals surface area (Å²) in [5.74, 6) is -1.35. The van der Waals surface area contributed by atoms with Gasteiger partial charge >= 0.3 is 5.97 Å². The third-order valence-electron chi connectivity index (χ3n) is 3.90. The summed E-state index contributed by atoms with van der Waals surface area (Å²) in [5.41, 5.74) is 4.47. The van der Waals surface area contributed by atoms with Crippen LogP contribution in [0.4, 0.5) is 5.69 Å². The molecule has 0 spiro atoms. The Balaban J connectivity index is 1.86. The van der Waals surface area contributed by atoms with Crippen LogP contribution in [0.2, 0.25) is 20.4 Å². The summed E-state index contributed by atoms with van der Waals surface area (Å²) in [6.45, 7) is 2.29. The molecule has 2 heterocycles. The fraction of sp³-hybridized carbons (Fsp3) is 0.111. The molecule has 11 heteroatoms. The molecule has 29 heavy (non-hydrogen) atoms. The average Bonchev–Trinajstić information content (AvgIpc) is 2.95. The highest BCUT2D eigenvalue weighted by molar-refractivity contribution is 6.46. The summed E-state index contributed by atoms with van der Waals surface area (Å²) in [6.07, 6.45) is 1.44. The van der Waals surface area contributed by atoms with Crippen LogP contribution in [0.3, 0.4) is 0 Å². The quantitative estimate of drug-likeness (QED) is 0.285. The number of aryl methyl sites for hydroxylation is 1. The lowest BCUT2D eigenvalue weighted by Gasteiger charge is -2.09. The van der Waals surface area contributed by atoms with Gasteiger partial charge in [-0.15, -0.1) is 0 Å². The van der Waals surface area contributed by atoms with Gasteiger partial charge in [0.15, 0.2) is 10.8 Å². The number of aromatic nitrogens is 3. The summed E-state index contributed by atoms with van der Waals surface area (Å²) in [4.78, 5) is 14.9. The Kier molecular flexibility index (Phi) is 6.64. The van der Waals surface area contributed by atoms with Gasteiger partial charge in [-0.25, -0.2) is 14.5 Å². The van der Waals surface area contributed by atoms with Crippen molar-refractivity contribution in [3.05, 3.63) is 73.2 Å². The zero-order valence-electron chi connectivity index (χ0n) is 14.8. The molecular weight excluding hydrogens is 460 g/mol. The third-order valence-corrected chi connectivity index (χ3v) is 5.40. The Morgan fingerprint density at radius 1 is 1.21 bits per heavy atom. The van der Waals surface area contributed by atoms with Gasteiger partial charge in [0.05, 0.1) is 29.7 Å². The van der Waals surface area contributed by atoms with Gasteiger partial charge in [-0.3, -0.25) is 5.43 Å². The Bertz CT molecular complexity index is 1100. The number of aromatic carboxylic acids is 1. The van der Waals surface area contributed by atoms with E-state index in [1.54, 1.807) is 11.6 Å². The second-order valence-electron chi connectivity index (χ2n) is 5.86. The van der Waals surface area contributed by atoms with Crippen LogP contribution in [-0.4, -0.2) is 32.1 Å². The van der Waals surface area contributed by atoms with Crippen molar-refractivity contribution >= 4 is 64.3 Å². The van der Waals surface area contributed by atoms with E-state index < -0.39 is 11.7 Å². The van der Waals surface area contributed by atoms with E-state index in [1.807, 2.05) is 30.3 Å². The van der Waals surface area contributed by atoms with Crippen molar-refractivity contribution in [1.82, 2.24) is 14.8 Å². The lowest BCUT2D eigenvalue weighted by atomic mass is 10.2. The second-order valence-corrected chi connectivity index (χ2v) is 7.33. The minimum atomic E-state index is -1.35. The molecule has 0 atom stereocenters. The topological polar surface area (TPSA) is 92.4 Å². The highest BCUT2D eigenvalue weighted by atomic mass is 35.5. The highest BCUT2D eigenvalue weighted by Crippen LogP contribution is 2.36. The molecule has 2 aromatic heterocycles. The summed E-state index contributed by atoms with van der Waals surface area (Å²) >= 11 is 24.4. The number of carboxylic acid groups (broad SMARTS) is 1. The molecule has 0 amide bonds. The predicted octanol–water partition coefficient (Wildman–Crippen LogP) is 5.39. The monoisotopic (exact) mass is 471 g/mol.